The second-order valence-corrected chi connectivity index (χ2v) is 8.92. The summed E-state index contributed by atoms with van der Waals surface area (Å²) < 4.78 is 28.1. The summed E-state index contributed by atoms with van der Waals surface area (Å²) in [4.78, 5) is 14.8. The first-order chi connectivity index (χ1) is 11.0. The van der Waals surface area contributed by atoms with Crippen molar-refractivity contribution in [2.75, 3.05) is 19.3 Å². The molecule has 1 aromatic rings. The van der Waals surface area contributed by atoms with Crippen LogP contribution in [0.5, 0.6) is 0 Å². The lowest BCUT2D eigenvalue weighted by molar-refractivity contribution is 0.0782. The molecule has 1 aliphatic heterocycles. The van der Waals surface area contributed by atoms with Crippen molar-refractivity contribution in [3.8, 4) is 0 Å². The largest absolute Gasteiger partial charge is 0.349 e. The maximum atomic E-state index is 13.0. The molecule has 2 atom stereocenters. The number of aromatic nitrogens is 1. The van der Waals surface area contributed by atoms with Crippen molar-refractivity contribution in [3.05, 3.63) is 23.0 Å². The van der Waals surface area contributed by atoms with Crippen molar-refractivity contribution in [2.24, 2.45) is 11.8 Å². The molecule has 0 saturated carbocycles. The quantitative estimate of drug-likeness (QED) is 0.875. The molecule has 2 heterocycles. The third kappa shape index (κ3) is 3.83. The monoisotopic (exact) mass is 355 g/mol. The number of aryl methyl sites for hydroxylation is 1. The van der Waals surface area contributed by atoms with E-state index in [-0.39, 0.29) is 17.9 Å². The molecule has 1 saturated heterocycles. The molecular weight excluding hydrogens is 326 g/mol. The molecule has 0 unspecified atom stereocenters. The Morgan fingerprint density at radius 1 is 1.33 bits per heavy atom. The fraction of sp³-hybridized carbons (Fsp3) is 0.706. The van der Waals surface area contributed by atoms with Crippen LogP contribution < -0.4 is 4.72 Å². The molecule has 7 heteroatoms. The van der Waals surface area contributed by atoms with Crippen LogP contribution in [0.3, 0.4) is 0 Å². The average Bonchev–Trinajstić information content (AvgIpc) is 2.98. The maximum Gasteiger partial charge on any atom is 0.255 e. The number of sulfonamides is 1. The zero-order chi connectivity index (χ0) is 18.2. The van der Waals surface area contributed by atoms with Gasteiger partial charge in [-0.3, -0.25) is 4.79 Å². The summed E-state index contributed by atoms with van der Waals surface area (Å²) in [7, 11) is -3.29. The molecular formula is C17H29N3O3S. The Balaban J connectivity index is 2.25. The molecule has 0 bridgehead atoms. The average molecular weight is 356 g/mol. The predicted molar refractivity (Wildman–Crippen MR) is 95.6 cm³/mol. The Bertz CT molecular complexity index is 722. The number of rotatable bonds is 5. The van der Waals surface area contributed by atoms with E-state index < -0.39 is 10.0 Å². The molecule has 1 amide bonds. The molecule has 24 heavy (non-hydrogen) atoms. The van der Waals surface area contributed by atoms with Crippen LogP contribution in [-0.4, -0.2) is 49.2 Å². The number of nitrogens with zero attached hydrogens (tertiary/aromatic N) is 2. The topological polar surface area (TPSA) is 71.4 Å². The van der Waals surface area contributed by atoms with E-state index in [9.17, 15) is 13.2 Å². The van der Waals surface area contributed by atoms with Gasteiger partial charge in [-0.05, 0) is 38.7 Å². The molecule has 0 radical (unpaired) electrons. The summed E-state index contributed by atoms with van der Waals surface area (Å²) in [5.41, 5.74) is 2.77. The summed E-state index contributed by atoms with van der Waals surface area (Å²) in [6.45, 7) is 12.0. The van der Waals surface area contributed by atoms with Gasteiger partial charge >= 0.3 is 0 Å². The number of carbonyl (C=O) groups is 1. The minimum Gasteiger partial charge on any atom is -0.349 e. The first-order valence-corrected chi connectivity index (χ1v) is 10.4. The molecule has 0 aromatic carbocycles. The van der Waals surface area contributed by atoms with Gasteiger partial charge in [-0.1, -0.05) is 13.8 Å². The van der Waals surface area contributed by atoms with Crippen molar-refractivity contribution in [2.45, 2.75) is 47.2 Å². The van der Waals surface area contributed by atoms with Crippen LogP contribution in [-0.2, 0) is 16.6 Å². The summed E-state index contributed by atoms with van der Waals surface area (Å²) in [6.07, 6.45) is 1.17. The molecule has 136 valence electrons. The van der Waals surface area contributed by atoms with Crippen LogP contribution in [0.2, 0.25) is 0 Å². The lowest BCUT2D eigenvalue weighted by Gasteiger charge is -2.21. The number of likely N-dealkylation sites (tertiary alicyclic amines) is 1. The van der Waals surface area contributed by atoms with Crippen LogP contribution >= 0.6 is 0 Å². The fourth-order valence-electron chi connectivity index (χ4n) is 3.74. The van der Waals surface area contributed by atoms with E-state index in [0.29, 0.717) is 19.0 Å². The van der Waals surface area contributed by atoms with Gasteiger partial charge in [-0.15, -0.1) is 0 Å². The second kappa shape index (κ2) is 6.88. The number of hydrogen-bond acceptors (Lipinski definition) is 3. The van der Waals surface area contributed by atoms with E-state index in [1.165, 1.54) is 6.26 Å². The number of nitrogens with one attached hydrogen (secondary N) is 1. The highest BCUT2D eigenvalue weighted by atomic mass is 32.2. The molecule has 1 fully saturated rings. The van der Waals surface area contributed by atoms with Crippen LogP contribution in [0.15, 0.2) is 6.07 Å². The van der Waals surface area contributed by atoms with E-state index >= 15 is 0 Å². The lowest BCUT2D eigenvalue weighted by Crippen LogP contribution is -2.41. The Morgan fingerprint density at radius 2 is 1.96 bits per heavy atom. The van der Waals surface area contributed by atoms with E-state index in [4.69, 9.17) is 0 Å². The molecule has 6 nitrogen and oxygen atoms in total. The minimum atomic E-state index is -3.29. The lowest BCUT2D eigenvalue weighted by atomic mass is 9.92. The van der Waals surface area contributed by atoms with Crippen molar-refractivity contribution in [1.29, 1.82) is 0 Å². The molecule has 0 spiro atoms. The van der Waals surface area contributed by atoms with Gasteiger partial charge in [0.2, 0.25) is 10.0 Å². The van der Waals surface area contributed by atoms with E-state index in [1.54, 1.807) is 4.90 Å². The standard InChI is InChI=1S/C17H29N3O3S/c1-7-20-12(4)8-14(13(20)5)17(21)19-9-15(11(2)3)16(10-19)18-24(6,22)23/h8,11,15-16,18H,7,9-10H2,1-6H3/t15-,16+/m0/s1. The maximum absolute atomic E-state index is 13.0. The SMILES string of the molecule is CCn1c(C)cc(C(=O)N2C[C@@H](NS(C)(=O)=O)[C@H](C(C)C)C2)c1C. The highest BCUT2D eigenvalue weighted by Gasteiger charge is 2.39. The van der Waals surface area contributed by atoms with Crippen LogP contribution in [0, 0.1) is 25.7 Å². The van der Waals surface area contributed by atoms with E-state index in [1.807, 2.05) is 19.9 Å². The molecule has 1 N–H and O–H groups in total. The summed E-state index contributed by atoms with van der Waals surface area (Å²) in [6, 6.07) is 1.71. The van der Waals surface area contributed by atoms with Gasteiger partial charge in [0.15, 0.2) is 0 Å². The first kappa shape index (κ1) is 19.0. The van der Waals surface area contributed by atoms with E-state index in [0.717, 1.165) is 23.5 Å². The fourth-order valence-corrected chi connectivity index (χ4v) is 4.54. The highest BCUT2D eigenvalue weighted by molar-refractivity contribution is 7.88. The van der Waals surface area contributed by atoms with Gasteiger partial charge in [0.25, 0.3) is 5.91 Å². The Morgan fingerprint density at radius 3 is 2.42 bits per heavy atom. The summed E-state index contributed by atoms with van der Waals surface area (Å²) in [5, 5.41) is 0. The van der Waals surface area contributed by atoms with Crippen molar-refractivity contribution < 1.29 is 13.2 Å². The van der Waals surface area contributed by atoms with Gasteiger partial charge in [0.05, 0.1) is 11.8 Å². The third-order valence-electron chi connectivity index (χ3n) is 4.99. The second-order valence-electron chi connectivity index (χ2n) is 7.14. The zero-order valence-electron chi connectivity index (χ0n) is 15.5. The van der Waals surface area contributed by atoms with Crippen molar-refractivity contribution in [1.82, 2.24) is 14.2 Å². The number of carbonyl (C=O) groups excluding carboxylic acids is 1. The normalized spacial score (nSPS) is 21.7. The van der Waals surface area contributed by atoms with Gasteiger partial charge in [-0.2, -0.15) is 0 Å². The van der Waals surface area contributed by atoms with Gasteiger partial charge in [-0.25, -0.2) is 13.1 Å². The Labute approximate surface area is 145 Å². The van der Waals surface area contributed by atoms with Crippen LogP contribution in [0.1, 0.15) is 42.5 Å². The molecule has 0 aliphatic carbocycles. The predicted octanol–water partition coefficient (Wildman–Crippen LogP) is 1.77. The third-order valence-corrected chi connectivity index (χ3v) is 5.73. The highest BCUT2D eigenvalue weighted by Crippen LogP contribution is 2.27. The van der Waals surface area contributed by atoms with Crippen LogP contribution in [0.4, 0.5) is 0 Å². The van der Waals surface area contributed by atoms with Crippen LogP contribution in [0.25, 0.3) is 0 Å². The number of amides is 1. The zero-order valence-corrected chi connectivity index (χ0v) is 16.3. The Hall–Kier alpha value is -1.34. The number of hydrogen-bond donors (Lipinski definition) is 1. The van der Waals surface area contributed by atoms with Gasteiger partial charge in [0, 0.05) is 37.1 Å². The molecule has 1 aliphatic rings. The first-order valence-electron chi connectivity index (χ1n) is 8.48. The minimum absolute atomic E-state index is 0.00810. The summed E-state index contributed by atoms with van der Waals surface area (Å²) >= 11 is 0. The van der Waals surface area contributed by atoms with Crippen molar-refractivity contribution in [3.63, 3.8) is 0 Å². The summed E-state index contributed by atoms with van der Waals surface area (Å²) in [5.74, 6) is 0.412. The van der Waals surface area contributed by atoms with Gasteiger partial charge in [0.1, 0.15) is 0 Å². The Kier molecular flexibility index (Phi) is 5.44. The van der Waals surface area contributed by atoms with E-state index in [2.05, 4.69) is 30.1 Å². The molecule has 1 aromatic heterocycles. The van der Waals surface area contributed by atoms with Crippen molar-refractivity contribution >= 4 is 15.9 Å². The smallest absolute Gasteiger partial charge is 0.255 e. The molecule has 2 rings (SSSR count). The van der Waals surface area contributed by atoms with Gasteiger partial charge < -0.3 is 9.47 Å².